The molecule has 0 atom stereocenters. The quantitative estimate of drug-likeness (QED) is 0.715. The number of hydrogen-bond donors (Lipinski definition) is 0. The largest absolute Gasteiger partial charge is 0.356 e. The van der Waals surface area contributed by atoms with Crippen molar-refractivity contribution >= 4 is 11.6 Å². The van der Waals surface area contributed by atoms with Gasteiger partial charge in [-0.05, 0) is 25.0 Å². The highest BCUT2D eigenvalue weighted by Crippen LogP contribution is 2.23. The Morgan fingerprint density at radius 2 is 1.92 bits per heavy atom. The van der Waals surface area contributed by atoms with E-state index in [-0.39, 0.29) is 0 Å². The molecular formula is C17H20N8. The van der Waals surface area contributed by atoms with Crippen molar-refractivity contribution in [1.29, 1.82) is 0 Å². The van der Waals surface area contributed by atoms with Crippen LogP contribution in [0.4, 0.5) is 11.6 Å². The lowest BCUT2D eigenvalue weighted by molar-refractivity contribution is 0.477. The van der Waals surface area contributed by atoms with Crippen molar-refractivity contribution in [3.8, 4) is 5.82 Å². The first-order chi connectivity index (χ1) is 12.3. The van der Waals surface area contributed by atoms with Gasteiger partial charge in [-0.3, -0.25) is 4.98 Å². The van der Waals surface area contributed by atoms with Gasteiger partial charge in [0.15, 0.2) is 5.82 Å². The molecule has 0 aliphatic carbocycles. The fraction of sp³-hybridized carbons (Fsp3) is 0.353. The second-order valence-corrected chi connectivity index (χ2v) is 6.08. The van der Waals surface area contributed by atoms with Crippen LogP contribution in [0.25, 0.3) is 5.82 Å². The molecule has 3 aromatic rings. The highest BCUT2D eigenvalue weighted by molar-refractivity contribution is 5.42. The molecule has 3 aromatic heterocycles. The predicted molar refractivity (Wildman–Crippen MR) is 94.8 cm³/mol. The molecular weight excluding hydrogens is 316 g/mol. The van der Waals surface area contributed by atoms with Crippen molar-refractivity contribution < 1.29 is 0 Å². The summed E-state index contributed by atoms with van der Waals surface area (Å²) in [7, 11) is 2.10. The van der Waals surface area contributed by atoms with Crippen molar-refractivity contribution in [2.45, 2.75) is 18.9 Å². The van der Waals surface area contributed by atoms with E-state index in [4.69, 9.17) is 4.98 Å². The molecule has 0 spiro atoms. The van der Waals surface area contributed by atoms with Crippen LogP contribution in [0.3, 0.4) is 0 Å². The maximum absolute atomic E-state index is 4.70. The summed E-state index contributed by atoms with van der Waals surface area (Å²) < 4.78 is 1.73. The molecule has 1 saturated heterocycles. The average Bonchev–Trinajstić information content (AvgIpc) is 3.23. The Labute approximate surface area is 146 Å². The van der Waals surface area contributed by atoms with E-state index < -0.39 is 0 Å². The van der Waals surface area contributed by atoms with E-state index >= 15 is 0 Å². The maximum atomic E-state index is 4.70. The van der Waals surface area contributed by atoms with Crippen LogP contribution in [-0.2, 0) is 0 Å². The average molecular weight is 336 g/mol. The summed E-state index contributed by atoms with van der Waals surface area (Å²) in [6.45, 7) is 1.88. The molecule has 0 unspecified atom stereocenters. The van der Waals surface area contributed by atoms with E-state index in [1.54, 1.807) is 29.6 Å². The normalized spacial score (nSPS) is 15.3. The minimum absolute atomic E-state index is 0.466. The molecule has 1 fully saturated rings. The van der Waals surface area contributed by atoms with Gasteiger partial charge >= 0.3 is 0 Å². The number of aromatic nitrogens is 6. The molecule has 1 aliphatic rings. The first-order valence-electron chi connectivity index (χ1n) is 8.37. The lowest BCUT2D eigenvalue weighted by Gasteiger charge is -2.37. The van der Waals surface area contributed by atoms with Gasteiger partial charge in [-0.2, -0.15) is 5.10 Å². The lowest BCUT2D eigenvalue weighted by Crippen LogP contribution is -2.44. The van der Waals surface area contributed by atoms with E-state index in [9.17, 15) is 0 Å². The molecule has 8 nitrogen and oxygen atoms in total. The molecule has 0 N–H and O–H groups in total. The van der Waals surface area contributed by atoms with Gasteiger partial charge in [0.25, 0.3) is 0 Å². The fourth-order valence-electron chi connectivity index (χ4n) is 3.17. The smallest absolute Gasteiger partial charge is 0.173 e. The zero-order valence-electron chi connectivity index (χ0n) is 14.1. The zero-order valence-corrected chi connectivity index (χ0v) is 14.1. The van der Waals surface area contributed by atoms with Gasteiger partial charge in [0.05, 0.1) is 12.4 Å². The van der Waals surface area contributed by atoms with E-state index in [0.717, 1.165) is 43.4 Å². The van der Waals surface area contributed by atoms with Crippen molar-refractivity contribution in [3.05, 3.63) is 49.4 Å². The Morgan fingerprint density at radius 1 is 1.08 bits per heavy atom. The maximum Gasteiger partial charge on any atom is 0.173 e. The van der Waals surface area contributed by atoms with Crippen molar-refractivity contribution in [3.63, 3.8) is 0 Å². The van der Waals surface area contributed by atoms with Crippen LogP contribution in [0.2, 0.25) is 0 Å². The van der Waals surface area contributed by atoms with Crippen LogP contribution in [0.5, 0.6) is 0 Å². The van der Waals surface area contributed by atoms with Crippen molar-refractivity contribution in [2.75, 3.05) is 29.9 Å². The Kier molecular flexibility index (Phi) is 4.24. The van der Waals surface area contributed by atoms with E-state index in [0.29, 0.717) is 6.04 Å². The Bertz CT molecular complexity index is 797. The van der Waals surface area contributed by atoms with Crippen LogP contribution in [-0.4, -0.2) is 55.9 Å². The zero-order chi connectivity index (χ0) is 17.1. The molecule has 1 aliphatic heterocycles. The van der Waals surface area contributed by atoms with Gasteiger partial charge in [0.1, 0.15) is 18.0 Å². The summed E-state index contributed by atoms with van der Waals surface area (Å²) in [6, 6.07) is 4.29. The van der Waals surface area contributed by atoms with Crippen LogP contribution in [0, 0.1) is 0 Å². The Hall–Kier alpha value is -3.03. The molecule has 0 bridgehead atoms. The molecule has 0 saturated carbocycles. The van der Waals surface area contributed by atoms with E-state index in [1.807, 2.05) is 24.5 Å². The summed E-state index contributed by atoms with van der Waals surface area (Å²) >= 11 is 0. The highest BCUT2D eigenvalue weighted by atomic mass is 15.3. The highest BCUT2D eigenvalue weighted by Gasteiger charge is 2.24. The van der Waals surface area contributed by atoms with Gasteiger partial charge < -0.3 is 9.80 Å². The molecule has 0 aromatic carbocycles. The topological polar surface area (TPSA) is 75.9 Å². The molecule has 4 heterocycles. The number of piperidine rings is 1. The van der Waals surface area contributed by atoms with Crippen LogP contribution < -0.4 is 9.80 Å². The Morgan fingerprint density at radius 3 is 2.64 bits per heavy atom. The lowest BCUT2D eigenvalue weighted by atomic mass is 10.0. The van der Waals surface area contributed by atoms with E-state index in [1.165, 1.54) is 0 Å². The number of nitrogens with zero attached hydrogens (tertiary/aromatic N) is 8. The van der Waals surface area contributed by atoms with Crippen molar-refractivity contribution in [1.82, 2.24) is 29.7 Å². The second-order valence-electron chi connectivity index (χ2n) is 6.08. The molecule has 128 valence electrons. The number of hydrogen-bond acceptors (Lipinski definition) is 7. The molecule has 0 radical (unpaired) electrons. The van der Waals surface area contributed by atoms with Crippen molar-refractivity contribution in [2.24, 2.45) is 0 Å². The Balaban J connectivity index is 1.43. The molecule has 25 heavy (non-hydrogen) atoms. The monoisotopic (exact) mass is 336 g/mol. The van der Waals surface area contributed by atoms with Crippen LogP contribution >= 0.6 is 0 Å². The van der Waals surface area contributed by atoms with Crippen LogP contribution in [0.15, 0.2) is 49.4 Å². The molecule has 4 rings (SSSR count). The van der Waals surface area contributed by atoms with Gasteiger partial charge in [0.2, 0.25) is 0 Å². The summed E-state index contributed by atoms with van der Waals surface area (Å²) in [6.07, 6.45) is 12.6. The SMILES string of the molecule is CN(c1ccncn1)C1CCN(c2cncc(-n3cccn3)n2)CC1. The second kappa shape index (κ2) is 6.84. The van der Waals surface area contributed by atoms with Crippen LogP contribution in [0.1, 0.15) is 12.8 Å². The minimum atomic E-state index is 0.466. The van der Waals surface area contributed by atoms with Gasteiger partial charge in [-0.1, -0.05) is 0 Å². The molecule has 0 amide bonds. The third-order valence-corrected chi connectivity index (χ3v) is 4.61. The first kappa shape index (κ1) is 15.5. The standard InChI is InChI=1S/C17H20N8/c1-23(15-3-7-18-13-20-15)14-4-9-24(10-5-14)16-11-19-12-17(22-16)25-8-2-6-21-25/h2-3,6-8,11-14H,4-5,9-10H2,1H3. The van der Waals surface area contributed by atoms with Gasteiger partial charge in [-0.15, -0.1) is 0 Å². The van der Waals surface area contributed by atoms with Gasteiger partial charge in [-0.25, -0.2) is 19.6 Å². The molecule has 8 heteroatoms. The third-order valence-electron chi connectivity index (χ3n) is 4.61. The summed E-state index contributed by atoms with van der Waals surface area (Å²) in [4.78, 5) is 21.9. The summed E-state index contributed by atoms with van der Waals surface area (Å²) in [5, 5.41) is 4.22. The third kappa shape index (κ3) is 3.28. The van der Waals surface area contributed by atoms with E-state index in [2.05, 4.69) is 36.9 Å². The summed E-state index contributed by atoms with van der Waals surface area (Å²) in [5.41, 5.74) is 0. The minimum Gasteiger partial charge on any atom is -0.356 e. The fourth-order valence-corrected chi connectivity index (χ4v) is 3.17. The number of rotatable bonds is 4. The first-order valence-corrected chi connectivity index (χ1v) is 8.37. The van der Waals surface area contributed by atoms with Gasteiger partial charge in [0, 0.05) is 44.8 Å². The number of anilines is 2. The summed E-state index contributed by atoms with van der Waals surface area (Å²) in [5.74, 6) is 2.60. The predicted octanol–water partition coefficient (Wildman–Crippen LogP) is 1.56.